The van der Waals surface area contributed by atoms with E-state index in [4.69, 9.17) is 34.5 Å². The van der Waals surface area contributed by atoms with Crippen LogP contribution in [0.1, 0.15) is 30.5 Å². The fraction of sp³-hybridized carbons (Fsp3) is 0.250. The van der Waals surface area contributed by atoms with Gasteiger partial charge in [-0.3, -0.25) is 0 Å². The quantitative estimate of drug-likeness (QED) is 0.480. The van der Waals surface area contributed by atoms with E-state index >= 15 is 0 Å². The lowest BCUT2D eigenvalue weighted by Crippen LogP contribution is -2.19. The van der Waals surface area contributed by atoms with Crippen LogP contribution in [-0.4, -0.2) is 22.4 Å². The van der Waals surface area contributed by atoms with Crippen molar-refractivity contribution in [3.05, 3.63) is 64.3 Å². The minimum absolute atomic E-state index is 0.232. The summed E-state index contributed by atoms with van der Waals surface area (Å²) in [7, 11) is 0. The van der Waals surface area contributed by atoms with Gasteiger partial charge in [-0.2, -0.15) is 0 Å². The topological polar surface area (TPSA) is 27.1 Å². The normalized spacial score (nSPS) is 11.5. The van der Waals surface area contributed by atoms with Crippen LogP contribution in [0.25, 0.3) is 10.9 Å². The first kappa shape index (κ1) is 17.7. The van der Waals surface area contributed by atoms with E-state index in [1.165, 1.54) is 4.85 Å². The molecule has 0 bridgehead atoms. The summed E-state index contributed by atoms with van der Waals surface area (Å²) in [5.41, 5.74) is 3.63. The number of rotatable bonds is 5. The van der Waals surface area contributed by atoms with Gasteiger partial charge in [-0.25, -0.2) is 0 Å². The molecule has 0 atom stereocenters. The Morgan fingerprint density at radius 2 is 1.92 bits per heavy atom. The Morgan fingerprint density at radius 3 is 2.56 bits per heavy atom. The first-order valence-corrected chi connectivity index (χ1v) is 8.83. The van der Waals surface area contributed by atoms with E-state index in [9.17, 15) is 0 Å². The molecular formula is C20H18Cl2N2O. The van der Waals surface area contributed by atoms with Crippen molar-refractivity contribution in [1.29, 1.82) is 0 Å². The highest BCUT2D eigenvalue weighted by molar-refractivity contribution is 6.35. The third-order valence-electron chi connectivity index (χ3n) is 4.37. The van der Waals surface area contributed by atoms with E-state index in [0.717, 1.165) is 27.6 Å². The van der Waals surface area contributed by atoms with Crippen LogP contribution in [0.4, 0.5) is 0 Å². The molecule has 0 aliphatic heterocycles. The van der Waals surface area contributed by atoms with Crippen molar-refractivity contribution in [1.82, 2.24) is 9.94 Å². The third-order valence-corrected chi connectivity index (χ3v) is 4.81. The van der Waals surface area contributed by atoms with Crippen LogP contribution in [0, 0.1) is 12.3 Å². The van der Waals surface area contributed by atoms with Gasteiger partial charge in [-0.15, -0.1) is 23.1 Å². The molecule has 25 heavy (non-hydrogen) atoms. The van der Waals surface area contributed by atoms with Crippen LogP contribution in [0.3, 0.4) is 0 Å². The minimum Gasteiger partial charge on any atom is -0.395 e. The maximum absolute atomic E-state index is 6.53. The minimum atomic E-state index is -0.232. The molecule has 128 valence electrons. The molecule has 2 aromatic carbocycles. The molecule has 5 heteroatoms. The molecule has 0 aliphatic rings. The maximum Gasteiger partial charge on any atom is 0.130 e. The summed E-state index contributed by atoms with van der Waals surface area (Å²) in [5, 5.41) is 5.75. The molecule has 0 saturated heterocycles. The van der Waals surface area contributed by atoms with Gasteiger partial charge in [0.2, 0.25) is 0 Å². The molecule has 1 heterocycles. The fourth-order valence-corrected chi connectivity index (χ4v) is 3.19. The lowest BCUT2D eigenvalue weighted by Gasteiger charge is -2.26. The number of fused-ring (bicyclic) bond motifs is 1. The predicted molar refractivity (Wildman–Crippen MR) is 103 cm³/mol. The second kappa shape index (κ2) is 7.00. The summed E-state index contributed by atoms with van der Waals surface area (Å²) in [4.78, 5) is 6.92. The highest BCUT2D eigenvalue weighted by Gasteiger charge is 2.25. The van der Waals surface area contributed by atoms with Crippen LogP contribution in [0.2, 0.25) is 5.02 Å². The zero-order valence-electron chi connectivity index (χ0n) is 14.1. The summed E-state index contributed by atoms with van der Waals surface area (Å²) in [5.74, 6) is 3.03. The van der Waals surface area contributed by atoms with E-state index in [2.05, 4.69) is 43.1 Å². The van der Waals surface area contributed by atoms with E-state index in [1.54, 1.807) is 6.20 Å². The molecule has 3 nitrogen and oxygen atoms in total. The number of nitrogens with zero attached hydrogens (tertiary/aromatic N) is 2. The van der Waals surface area contributed by atoms with Crippen LogP contribution >= 0.6 is 23.2 Å². The molecule has 0 spiro atoms. The van der Waals surface area contributed by atoms with Crippen LogP contribution < -0.4 is 4.84 Å². The van der Waals surface area contributed by atoms with Gasteiger partial charge in [0.05, 0.1) is 17.1 Å². The van der Waals surface area contributed by atoms with E-state index in [1.807, 2.05) is 18.2 Å². The molecule has 0 saturated carbocycles. The van der Waals surface area contributed by atoms with Gasteiger partial charge in [0.1, 0.15) is 12.1 Å². The monoisotopic (exact) mass is 372 g/mol. The number of halogens is 2. The molecule has 0 unspecified atom stereocenters. The molecule has 0 N–H and O–H groups in total. The van der Waals surface area contributed by atoms with Gasteiger partial charge in [-0.1, -0.05) is 48.3 Å². The Hall–Kier alpha value is -2.15. The molecule has 1 aromatic heterocycles. The lowest BCUT2D eigenvalue weighted by atomic mass is 9.77. The summed E-state index contributed by atoms with van der Waals surface area (Å²) >= 11 is 12.2. The Kier molecular flexibility index (Phi) is 4.94. The molecule has 3 aromatic rings. The molecular weight excluding hydrogens is 355 g/mol. The number of terminal acetylenes is 1. The number of alkyl halides is 1. The zero-order chi connectivity index (χ0) is 18.0. The van der Waals surface area contributed by atoms with Crippen LogP contribution in [0.5, 0.6) is 0 Å². The molecule has 0 amide bonds. The molecule has 0 radical (unpaired) electrons. The Balaban J connectivity index is 2.04. The second-order valence-corrected chi connectivity index (χ2v) is 7.07. The fourth-order valence-electron chi connectivity index (χ4n) is 2.82. The Bertz CT molecular complexity index is 937. The van der Waals surface area contributed by atoms with Gasteiger partial charge in [0.15, 0.2) is 0 Å². The van der Waals surface area contributed by atoms with Crippen LogP contribution in [0.15, 0.2) is 42.6 Å². The summed E-state index contributed by atoms with van der Waals surface area (Å²) in [6.07, 6.45) is 7.19. The number of hydrogen-bond acceptors (Lipinski definition) is 2. The summed E-state index contributed by atoms with van der Waals surface area (Å²) in [6, 6.07) is 12.1. The molecule has 0 fully saturated rings. The standard InChI is InChI=1S/C20H18Cl2N2O/c1-4-14-5-7-16(8-6-14)20(2,3)17-11-15-13-23-24(25-10-9-21)19(15)18(22)12-17/h1,5-8,11-13H,9-10H2,2-3H3. The highest BCUT2D eigenvalue weighted by atomic mass is 35.5. The first-order chi connectivity index (χ1) is 12.0. The SMILES string of the molecule is C#Cc1ccc(C(C)(C)c2cc(Cl)c3c(cnn3OCCCl)c2)cc1. The van der Waals surface area contributed by atoms with Crippen molar-refractivity contribution in [2.75, 3.05) is 12.5 Å². The second-order valence-electron chi connectivity index (χ2n) is 6.28. The van der Waals surface area contributed by atoms with Gasteiger partial charge >= 0.3 is 0 Å². The van der Waals surface area contributed by atoms with E-state index in [0.29, 0.717) is 17.5 Å². The van der Waals surface area contributed by atoms with Crippen molar-refractivity contribution in [2.24, 2.45) is 0 Å². The van der Waals surface area contributed by atoms with Gasteiger partial charge in [0.25, 0.3) is 0 Å². The van der Waals surface area contributed by atoms with Crippen molar-refractivity contribution in [3.8, 4) is 12.3 Å². The molecule has 0 aliphatic carbocycles. The van der Waals surface area contributed by atoms with Gasteiger partial charge < -0.3 is 4.84 Å². The predicted octanol–water partition coefficient (Wildman–Crippen LogP) is 4.66. The number of hydrogen-bond donors (Lipinski definition) is 0. The largest absolute Gasteiger partial charge is 0.395 e. The smallest absolute Gasteiger partial charge is 0.130 e. The maximum atomic E-state index is 6.53. The van der Waals surface area contributed by atoms with E-state index in [-0.39, 0.29) is 5.41 Å². The van der Waals surface area contributed by atoms with E-state index < -0.39 is 0 Å². The zero-order valence-corrected chi connectivity index (χ0v) is 15.6. The Labute approximate surface area is 157 Å². The Morgan fingerprint density at radius 1 is 1.20 bits per heavy atom. The first-order valence-electron chi connectivity index (χ1n) is 7.91. The van der Waals surface area contributed by atoms with Crippen molar-refractivity contribution >= 4 is 34.1 Å². The summed E-state index contributed by atoms with van der Waals surface area (Å²) < 4.78 is 0. The third kappa shape index (κ3) is 3.33. The van der Waals surface area contributed by atoms with Gasteiger partial charge in [0, 0.05) is 16.4 Å². The summed E-state index contributed by atoms with van der Waals surface area (Å²) in [6.45, 7) is 4.68. The average molecular weight is 373 g/mol. The van der Waals surface area contributed by atoms with Crippen molar-refractivity contribution in [3.63, 3.8) is 0 Å². The van der Waals surface area contributed by atoms with Gasteiger partial charge in [-0.05, 0) is 35.4 Å². The average Bonchev–Trinajstić information content (AvgIpc) is 3.03. The highest BCUT2D eigenvalue weighted by Crippen LogP contribution is 2.36. The van der Waals surface area contributed by atoms with Crippen molar-refractivity contribution < 1.29 is 4.84 Å². The number of aromatic nitrogens is 2. The lowest BCUT2D eigenvalue weighted by molar-refractivity contribution is 0.104. The van der Waals surface area contributed by atoms with Crippen molar-refractivity contribution in [2.45, 2.75) is 19.3 Å². The molecule has 3 rings (SSSR count). The number of benzene rings is 2. The van der Waals surface area contributed by atoms with Crippen LogP contribution in [-0.2, 0) is 5.41 Å².